The minimum atomic E-state index is -0.507. The molecule has 0 fully saturated rings. The molecule has 0 radical (unpaired) electrons. The van der Waals surface area contributed by atoms with Gasteiger partial charge in [0.1, 0.15) is 0 Å². The van der Waals surface area contributed by atoms with Crippen molar-refractivity contribution in [3.05, 3.63) is 30.3 Å². The van der Waals surface area contributed by atoms with E-state index in [4.69, 9.17) is 0 Å². The Morgan fingerprint density at radius 1 is 1.22 bits per heavy atom. The van der Waals surface area contributed by atoms with Crippen molar-refractivity contribution in [3.63, 3.8) is 0 Å². The highest BCUT2D eigenvalue weighted by atomic mass is 32.2. The lowest BCUT2D eigenvalue weighted by Crippen LogP contribution is -2.40. The molecule has 0 bridgehead atoms. The molecule has 2 N–H and O–H groups in total. The lowest BCUT2D eigenvalue weighted by atomic mass is 9.84. The predicted molar refractivity (Wildman–Crippen MR) is 77.9 cm³/mol. The van der Waals surface area contributed by atoms with E-state index >= 15 is 0 Å². The highest BCUT2D eigenvalue weighted by Gasteiger charge is 2.33. The molecule has 18 heavy (non-hydrogen) atoms. The van der Waals surface area contributed by atoms with E-state index in [1.54, 1.807) is 11.8 Å². The summed E-state index contributed by atoms with van der Waals surface area (Å²) in [6.07, 6.45) is 1.47. The van der Waals surface area contributed by atoms with E-state index in [0.29, 0.717) is 0 Å². The van der Waals surface area contributed by atoms with Crippen molar-refractivity contribution in [1.29, 1.82) is 0 Å². The molecule has 3 heteroatoms. The van der Waals surface area contributed by atoms with Gasteiger partial charge >= 0.3 is 0 Å². The Labute approximate surface area is 114 Å². The fourth-order valence-corrected chi connectivity index (χ4v) is 3.35. The molecule has 0 aliphatic rings. The molecule has 0 saturated carbocycles. The van der Waals surface area contributed by atoms with Crippen molar-refractivity contribution in [2.75, 3.05) is 6.61 Å². The Morgan fingerprint density at radius 3 is 2.33 bits per heavy atom. The fraction of sp³-hybridized carbons (Fsp3) is 0.600. The van der Waals surface area contributed by atoms with E-state index in [9.17, 15) is 10.2 Å². The van der Waals surface area contributed by atoms with Crippen LogP contribution in [0.25, 0.3) is 0 Å². The third kappa shape index (κ3) is 4.30. The SMILES string of the molecule is CCC[C@@H](Sc1ccccc1)[C@H](O)C(C)(C)CO. The molecule has 0 saturated heterocycles. The van der Waals surface area contributed by atoms with Gasteiger partial charge in [-0.3, -0.25) is 0 Å². The number of hydrogen-bond acceptors (Lipinski definition) is 3. The maximum atomic E-state index is 10.4. The second-order valence-electron chi connectivity index (χ2n) is 5.35. The average molecular weight is 268 g/mol. The lowest BCUT2D eigenvalue weighted by molar-refractivity contribution is 0.00565. The Hall–Kier alpha value is -0.510. The number of hydrogen-bond donors (Lipinski definition) is 2. The van der Waals surface area contributed by atoms with Gasteiger partial charge in [-0.05, 0) is 18.6 Å². The highest BCUT2D eigenvalue weighted by molar-refractivity contribution is 8.00. The molecule has 1 aromatic rings. The lowest BCUT2D eigenvalue weighted by Gasteiger charge is -2.34. The van der Waals surface area contributed by atoms with E-state index in [1.807, 2.05) is 32.0 Å². The van der Waals surface area contributed by atoms with E-state index in [-0.39, 0.29) is 11.9 Å². The molecule has 0 unspecified atom stereocenters. The second kappa shape index (κ2) is 7.17. The van der Waals surface area contributed by atoms with Crippen molar-refractivity contribution in [2.45, 2.75) is 49.9 Å². The van der Waals surface area contributed by atoms with Crippen molar-refractivity contribution < 1.29 is 10.2 Å². The first-order valence-corrected chi connectivity index (χ1v) is 7.40. The van der Waals surface area contributed by atoms with Crippen LogP contribution in [-0.2, 0) is 0 Å². The van der Waals surface area contributed by atoms with E-state index < -0.39 is 11.5 Å². The van der Waals surface area contributed by atoms with Crippen LogP contribution in [-0.4, -0.2) is 28.2 Å². The third-order valence-electron chi connectivity index (χ3n) is 3.16. The minimum Gasteiger partial charge on any atom is -0.396 e. The van der Waals surface area contributed by atoms with Crippen LogP contribution in [0.5, 0.6) is 0 Å². The maximum absolute atomic E-state index is 10.4. The highest BCUT2D eigenvalue weighted by Crippen LogP contribution is 2.35. The normalized spacial score (nSPS) is 15.4. The summed E-state index contributed by atoms with van der Waals surface area (Å²) in [5.74, 6) is 0. The molecule has 1 rings (SSSR count). The molecule has 0 amide bonds. The van der Waals surface area contributed by atoms with Gasteiger partial charge in [0.25, 0.3) is 0 Å². The van der Waals surface area contributed by atoms with Gasteiger partial charge in [0.15, 0.2) is 0 Å². The molecule has 0 heterocycles. The van der Waals surface area contributed by atoms with E-state index in [0.717, 1.165) is 12.8 Å². The summed E-state index contributed by atoms with van der Waals surface area (Å²) >= 11 is 1.70. The van der Waals surface area contributed by atoms with Gasteiger partial charge in [-0.1, -0.05) is 45.4 Å². The molecule has 0 aromatic heterocycles. The zero-order valence-corrected chi connectivity index (χ0v) is 12.3. The van der Waals surface area contributed by atoms with Gasteiger partial charge in [0, 0.05) is 15.6 Å². The number of aliphatic hydroxyl groups is 2. The van der Waals surface area contributed by atoms with Crippen molar-refractivity contribution in [2.24, 2.45) is 5.41 Å². The number of rotatable bonds is 7. The molecule has 2 atom stereocenters. The molecule has 1 aromatic carbocycles. The Kier molecular flexibility index (Phi) is 6.19. The van der Waals surface area contributed by atoms with Crippen LogP contribution in [0, 0.1) is 5.41 Å². The van der Waals surface area contributed by atoms with Gasteiger partial charge in [-0.2, -0.15) is 0 Å². The molecule has 0 aliphatic carbocycles. The number of aliphatic hydroxyl groups excluding tert-OH is 2. The molecular weight excluding hydrogens is 244 g/mol. The summed E-state index contributed by atoms with van der Waals surface area (Å²) in [5, 5.41) is 20.0. The second-order valence-corrected chi connectivity index (χ2v) is 6.66. The van der Waals surface area contributed by atoms with Crippen LogP contribution in [0.4, 0.5) is 0 Å². The van der Waals surface area contributed by atoms with Crippen molar-refractivity contribution >= 4 is 11.8 Å². The average Bonchev–Trinajstić information content (AvgIpc) is 2.38. The largest absolute Gasteiger partial charge is 0.396 e. The topological polar surface area (TPSA) is 40.5 Å². The van der Waals surface area contributed by atoms with E-state index in [2.05, 4.69) is 19.1 Å². The van der Waals surface area contributed by atoms with Gasteiger partial charge in [0.05, 0.1) is 12.7 Å². The van der Waals surface area contributed by atoms with E-state index in [1.165, 1.54) is 4.90 Å². The summed E-state index contributed by atoms with van der Waals surface area (Å²) in [7, 11) is 0. The van der Waals surface area contributed by atoms with Crippen LogP contribution < -0.4 is 0 Å². The Bertz CT molecular complexity index is 338. The number of benzene rings is 1. The van der Waals surface area contributed by atoms with Crippen LogP contribution in [0.1, 0.15) is 33.6 Å². The van der Waals surface area contributed by atoms with Gasteiger partial charge in [-0.25, -0.2) is 0 Å². The van der Waals surface area contributed by atoms with Crippen molar-refractivity contribution in [3.8, 4) is 0 Å². The van der Waals surface area contributed by atoms with Crippen LogP contribution in [0.3, 0.4) is 0 Å². The summed E-state index contributed by atoms with van der Waals surface area (Å²) in [4.78, 5) is 1.17. The Balaban J connectivity index is 2.76. The molecule has 2 nitrogen and oxygen atoms in total. The zero-order valence-electron chi connectivity index (χ0n) is 11.5. The number of thioether (sulfide) groups is 1. The third-order valence-corrected chi connectivity index (χ3v) is 4.50. The zero-order chi connectivity index (χ0) is 13.6. The van der Waals surface area contributed by atoms with Gasteiger partial charge < -0.3 is 10.2 Å². The smallest absolute Gasteiger partial charge is 0.0734 e. The summed E-state index contributed by atoms with van der Waals surface area (Å²) in [6, 6.07) is 10.1. The minimum absolute atomic E-state index is 0.00370. The van der Waals surface area contributed by atoms with Crippen LogP contribution in [0.15, 0.2) is 35.2 Å². The quantitative estimate of drug-likeness (QED) is 0.745. The maximum Gasteiger partial charge on any atom is 0.0734 e. The first-order chi connectivity index (χ1) is 8.51. The molecule has 102 valence electrons. The predicted octanol–water partition coefficient (Wildman–Crippen LogP) is 3.33. The van der Waals surface area contributed by atoms with Crippen LogP contribution >= 0.6 is 11.8 Å². The monoisotopic (exact) mass is 268 g/mol. The van der Waals surface area contributed by atoms with Gasteiger partial charge in [-0.15, -0.1) is 11.8 Å². The standard InChI is InChI=1S/C15H24O2S/c1-4-8-13(14(17)15(2,3)11-16)18-12-9-6-5-7-10-12/h5-7,9-10,13-14,16-17H,4,8,11H2,1-3H3/t13-,14+/m1/s1. The molecule has 0 aliphatic heterocycles. The molecule has 0 spiro atoms. The molecular formula is C15H24O2S. The van der Waals surface area contributed by atoms with Crippen molar-refractivity contribution in [1.82, 2.24) is 0 Å². The summed E-state index contributed by atoms with van der Waals surface area (Å²) in [6.45, 7) is 5.94. The Morgan fingerprint density at radius 2 is 1.83 bits per heavy atom. The first kappa shape index (κ1) is 15.5. The van der Waals surface area contributed by atoms with Crippen LogP contribution in [0.2, 0.25) is 0 Å². The summed E-state index contributed by atoms with van der Waals surface area (Å²) in [5.41, 5.74) is -0.457. The fourth-order valence-electron chi connectivity index (χ4n) is 1.84. The summed E-state index contributed by atoms with van der Waals surface area (Å²) < 4.78 is 0. The first-order valence-electron chi connectivity index (χ1n) is 6.52. The van der Waals surface area contributed by atoms with Gasteiger partial charge in [0.2, 0.25) is 0 Å².